The lowest BCUT2D eigenvalue weighted by Gasteiger charge is -2.40. The summed E-state index contributed by atoms with van der Waals surface area (Å²) >= 11 is 0. The van der Waals surface area contributed by atoms with Crippen molar-refractivity contribution in [2.75, 3.05) is 107 Å². The minimum atomic E-state index is 0.736. The van der Waals surface area contributed by atoms with Crippen LogP contribution in [0, 0.1) is 0 Å². The van der Waals surface area contributed by atoms with E-state index in [1.807, 2.05) is 0 Å². The van der Waals surface area contributed by atoms with E-state index < -0.39 is 0 Å². The third-order valence-corrected chi connectivity index (χ3v) is 5.73. The van der Waals surface area contributed by atoms with Gasteiger partial charge in [0.2, 0.25) is 0 Å². The molecule has 0 unspecified atom stereocenters. The topological polar surface area (TPSA) is 70.3 Å². The molecule has 27 heavy (non-hydrogen) atoms. The maximum atomic E-state index is 6.06. The van der Waals surface area contributed by atoms with Gasteiger partial charge in [0, 0.05) is 65.4 Å². The number of aromatic nitrogens is 1. The van der Waals surface area contributed by atoms with Crippen LogP contribution in [-0.4, -0.2) is 107 Å². The molecule has 8 nitrogen and oxygen atoms in total. The monoisotopic (exact) mass is 376 g/mol. The average Bonchev–Trinajstić information content (AvgIpc) is 2.72. The van der Waals surface area contributed by atoms with Gasteiger partial charge in [0.25, 0.3) is 0 Å². The summed E-state index contributed by atoms with van der Waals surface area (Å²) in [6.07, 6.45) is 1.78. The maximum absolute atomic E-state index is 6.06. The van der Waals surface area contributed by atoms with E-state index in [1.165, 1.54) is 5.69 Å². The Balaban J connectivity index is 1.38. The highest BCUT2D eigenvalue weighted by molar-refractivity contribution is 5.72. The van der Waals surface area contributed by atoms with E-state index in [9.17, 15) is 0 Å². The van der Waals surface area contributed by atoms with Crippen molar-refractivity contribution in [2.45, 2.75) is 0 Å². The number of anilines is 3. The van der Waals surface area contributed by atoms with Crippen molar-refractivity contribution in [1.29, 1.82) is 0 Å². The van der Waals surface area contributed by atoms with Gasteiger partial charge in [-0.2, -0.15) is 0 Å². The van der Waals surface area contributed by atoms with Gasteiger partial charge in [-0.15, -0.1) is 0 Å². The number of morpholine rings is 2. The Bertz CT molecular complexity index is 604. The van der Waals surface area contributed by atoms with Gasteiger partial charge in [0.1, 0.15) is 0 Å². The molecule has 0 spiro atoms. The minimum Gasteiger partial charge on any atom is -0.397 e. The summed E-state index contributed by atoms with van der Waals surface area (Å²) in [4.78, 5) is 14.5. The zero-order chi connectivity index (χ0) is 18.5. The van der Waals surface area contributed by atoms with Gasteiger partial charge in [-0.05, 0) is 6.07 Å². The van der Waals surface area contributed by atoms with Gasteiger partial charge in [0.05, 0.1) is 44.0 Å². The Hall–Kier alpha value is -1.61. The third-order valence-electron chi connectivity index (χ3n) is 5.73. The van der Waals surface area contributed by atoms with Crippen LogP contribution in [0.4, 0.5) is 17.2 Å². The van der Waals surface area contributed by atoms with E-state index >= 15 is 0 Å². The van der Waals surface area contributed by atoms with Gasteiger partial charge in [-0.3, -0.25) is 9.80 Å². The Labute approximate surface area is 161 Å². The van der Waals surface area contributed by atoms with Crippen LogP contribution < -0.4 is 15.5 Å². The van der Waals surface area contributed by atoms with Gasteiger partial charge in [-0.1, -0.05) is 0 Å². The molecule has 0 radical (unpaired) electrons. The summed E-state index contributed by atoms with van der Waals surface area (Å²) in [5.74, 6) is 1.07. The lowest BCUT2D eigenvalue weighted by molar-refractivity contribution is 0.0388. The van der Waals surface area contributed by atoms with Crippen molar-refractivity contribution < 1.29 is 9.47 Å². The summed E-state index contributed by atoms with van der Waals surface area (Å²) in [5.41, 5.74) is 7.98. The number of fused-ring (bicyclic) bond motifs is 1. The molecule has 8 heteroatoms. The highest BCUT2D eigenvalue weighted by Gasteiger charge is 2.25. The van der Waals surface area contributed by atoms with Crippen LogP contribution in [0.5, 0.6) is 0 Å². The Kier molecular flexibility index (Phi) is 6.28. The molecule has 2 fully saturated rings. The van der Waals surface area contributed by atoms with Crippen molar-refractivity contribution in [3.05, 3.63) is 12.3 Å². The van der Waals surface area contributed by atoms with E-state index in [4.69, 9.17) is 20.2 Å². The molecular formula is C19H32N6O2. The van der Waals surface area contributed by atoms with Crippen LogP contribution in [0.15, 0.2) is 12.3 Å². The number of pyridine rings is 1. The first-order valence-corrected chi connectivity index (χ1v) is 10.2. The van der Waals surface area contributed by atoms with Crippen molar-refractivity contribution in [3.63, 3.8) is 0 Å². The predicted octanol–water partition coefficient (Wildman–Crippen LogP) is -0.0454. The fourth-order valence-corrected chi connectivity index (χ4v) is 4.03. The Morgan fingerprint density at radius 1 is 0.778 bits per heavy atom. The number of ether oxygens (including phenoxy) is 2. The van der Waals surface area contributed by atoms with Crippen LogP contribution in [0.2, 0.25) is 0 Å². The predicted molar refractivity (Wildman–Crippen MR) is 108 cm³/mol. The highest BCUT2D eigenvalue weighted by atomic mass is 16.5. The molecule has 1 aromatic rings. The molecule has 2 saturated heterocycles. The summed E-state index contributed by atoms with van der Waals surface area (Å²) in [6, 6.07) is 2.09. The zero-order valence-electron chi connectivity index (χ0n) is 16.2. The molecule has 0 saturated carbocycles. The van der Waals surface area contributed by atoms with Crippen LogP contribution in [0.1, 0.15) is 0 Å². The molecular weight excluding hydrogens is 344 g/mol. The van der Waals surface area contributed by atoms with E-state index in [-0.39, 0.29) is 0 Å². The molecule has 1 aromatic heterocycles. The molecule has 0 amide bonds. The first-order chi connectivity index (χ1) is 13.3. The van der Waals surface area contributed by atoms with Gasteiger partial charge in [0.15, 0.2) is 5.82 Å². The normalized spacial score (nSPS) is 22.1. The van der Waals surface area contributed by atoms with E-state index in [2.05, 4.69) is 25.7 Å². The SMILES string of the molecule is Nc1cnc2c(c1)N(CCN1CCOCC1)CCN2CCN1CCOCC1. The number of hydrogen-bond donors (Lipinski definition) is 1. The molecule has 0 atom stereocenters. The largest absolute Gasteiger partial charge is 0.397 e. The smallest absolute Gasteiger partial charge is 0.152 e. The average molecular weight is 377 g/mol. The van der Waals surface area contributed by atoms with E-state index in [1.54, 1.807) is 6.20 Å². The minimum absolute atomic E-state index is 0.736. The van der Waals surface area contributed by atoms with Gasteiger partial charge >= 0.3 is 0 Å². The van der Waals surface area contributed by atoms with Crippen LogP contribution in [0.25, 0.3) is 0 Å². The maximum Gasteiger partial charge on any atom is 0.152 e. The number of hydrogen-bond acceptors (Lipinski definition) is 8. The van der Waals surface area contributed by atoms with Crippen LogP contribution in [0.3, 0.4) is 0 Å². The Morgan fingerprint density at radius 2 is 1.33 bits per heavy atom. The fraction of sp³-hybridized carbons (Fsp3) is 0.737. The molecule has 0 bridgehead atoms. The van der Waals surface area contributed by atoms with Crippen molar-refractivity contribution >= 4 is 17.2 Å². The van der Waals surface area contributed by atoms with Crippen molar-refractivity contribution in [2.24, 2.45) is 0 Å². The molecule has 3 aliphatic rings. The number of nitrogens with two attached hydrogens (primary N) is 1. The first kappa shape index (κ1) is 18.7. The number of rotatable bonds is 6. The van der Waals surface area contributed by atoms with Crippen LogP contribution >= 0.6 is 0 Å². The van der Waals surface area contributed by atoms with Gasteiger partial charge < -0.3 is 25.0 Å². The molecule has 0 aromatic carbocycles. The molecule has 4 rings (SSSR count). The summed E-state index contributed by atoms with van der Waals surface area (Å²) in [7, 11) is 0. The summed E-state index contributed by atoms with van der Waals surface area (Å²) in [6.45, 7) is 13.7. The first-order valence-electron chi connectivity index (χ1n) is 10.2. The lowest BCUT2D eigenvalue weighted by atomic mass is 10.2. The quantitative estimate of drug-likeness (QED) is 0.741. The Morgan fingerprint density at radius 3 is 1.96 bits per heavy atom. The van der Waals surface area contributed by atoms with Crippen molar-refractivity contribution in [1.82, 2.24) is 14.8 Å². The molecule has 2 N–H and O–H groups in total. The fourth-order valence-electron chi connectivity index (χ4n) is 4.03. The molecule has 150 valence electrons. The van der Waals surface area contributed by atoms with Gasteiger partial charge in [-0.25, -0.2) is 4.98 Å². The number of nitrogen functional groups attached to an aromatic ring is 1. The highest BCUT2D eigenvalue weighted by Crippen LogP contribution is 2.32. The third kappa shape index (κ3) is 4.82. The zero-order valence-corrected chi connectivity index (χ0v) is 16.2. The van der Waals surface area contributed by atoms with E-state index in [0.717, 1.165) is 103 Å². The van der Waals surface area contributed by atoms with Crippen LogP contribution in [-0.2, 0) is 9.47 Å². The number of nitrogens with zero attached hydrogens (tertiary/aromatic N) is 5. The molecule has 4 heterocycles. The summed E-state index contributed by atoms with van der Waals surface area (Å²) < 4.78 is 10.9. The second kappa shape index (κ2) is 9.05. The lowest BCUT2D eigenvalue weighted by Crippen LogP contribution is -2.48. The second-order valence-corrected chi connectivity index (χ2v) is 7.49. The van der Waals surface area contributed by atoms with E-state index in [0.29, 0.717) is 0 Å². The standard InChI is InChI=1S/C19H32N6O2/c20-17-15-18-19(21-16-17)25(4-2-23-9-13-27-14-10-23)6-5-24(18)3-1-22-7-11-26-12-8-22/h15-16H,1-14,20H2. The second-order valence-electron chi connectivity index (χ2n) is 7.49. The molecule has 0 aliphatic carbocycles. The van der Waals surface area contributed by atoms with Crippen molar-refractivity contribution in [3.8, 4) is 0 Å². The summed E-state index contributed by atoms with van der Waals surface area (Å²) in [5, 5.41) is 0. The molecule has 3 aliphatic heterocycles.